The lowest BCUT2D eigenvalue weighted by Gasteiger charge is -2.39. The number of nitrogens with one attached hydrogen (secondary N) is 1. The second kappa shape index (κ2) is 12.8. The number of hydrogen-bond donors (Lipinski definition) is 6. The molecule has 11 heteroatoms. The summed E-state index contributed by atoms with van der Waals surface area (Å²) in [7, 11) is 0. The number of amides is 1. The summed E-state index contributed by atoms with van der Waals surface area (Å²) in [4.78, 5) is 11.9. The van der Waals surface area contributed by atoms with Crippen LogP contribution >= 0.6 is 0 Å². The van der Waals surface area contributed by atoms with Crippen molar-refractivity contribution in [3.05, 3.63) is 29.8 Å². The maximum atomic E-state index is 11.9. The quantitative estimate of drug-likeness (QED) is 0.158. The summed E-state index contributed by atoms with van der Waals surface area (Å²) >= 11 is 0. The minimum atomic E-state index is -1.48. The molecule has 1 aromatic rings. The molecule has 1 aliphatic heterocycles. The summed E-state index contributed by atoms with van der Waals surface area (Å²) < 4.78 is 21.2. The average Bonchev–Trinajstić information content (AvgIpc) is 2.75. The molecule has 11 nitrogen and oxygen atoms in total. The summed E-state index contributed by atoms with van der Waals surface area (Å²) in [5, 5.41) is 41.0. The van der Waals surface area contributed by atoms with Crippen LogP contribution in [0.3, 0.4) is 0 Å². The van der Waals surface area contributed by atoms with Crippen molar-refractivity contribution < 1.29 is 44.2 Å². The minimum Gasteiger partial charge on any atom is -0.399 e. The molecule has 1 fully saturated rings. The number of nitrogens with two attached hydrogens (primary N) is 1. The predicted octanol–water partition coefficient (Wildman–Crippen LogP) is -2.15. The van der Waals surface area contributed by atoms with Gasteiger partial charge in [-0.3, -0.25) is 4.79 Å². The van der Waals surface area contributed by atoms with Gasteiger partial charge >= 0.3 is 0 Å². The molecule has 0 bridgehead atoms. The lowest BCUT2D eigenvalue weighted by Crippen LogP contribution is -2.59. The van der Waals surface area contributed by atoms with E-state index in [1.807, 2.05) is 0 Å². The number of aliphatic hydroxyl groups excluding tert-OH is 4. The van der Waals surface area contributed by atoms with Crippen LogP contribution in [-0.4, -0.2) is 103 Å². The van der Waals surface area contributed by atoms with Crippen LogP contribution in [0, 0.1) is 0 Å². The van der Waals surface area contributed by atoms with Crippen LogP contribution in [0.4, 0.5) is 5.69 Å². The van der Waals surface area contributed by atoms with Crippen LogP contribution in [0.25, 0.3) is 0 Å². The number of ether oxygens (including phenoxy) is 4. The van der Waals surface area contributed by atoms with E-state index in [1.165, 1.54) is 0 Å². The fourth-order valence-corrected chi connectivity index (χ4v) is 2.72. The molecular formula is C19H30N2O9. The van der Waals surface area contributed by atoms with E-state index in [9.17, 15) is 20.1 Å². The third kappa shape index (κ3) is 7.45. The molecule has 30 heavy (non-hydrogen) atoms. The molecule has 7 N–H and O–H groups in total. The first-order valence-electron chi connectivity index (χ1n) is 9.65. The number of carbonyl (C=O) groups excluding carboxylic acids is 1. The highest BCUT2D eigenvalue weighted by Gasteiger charge is 2.43. The Hall–Kier alpha value is -1.83. The van der Waals surface area contributed by atoms with Crippen LogP contribution in [0.2, 0.25) is 0 Å². The molecule has 1 saturated heterocycles. The van der Waals surface area contributed by atoms with Gasteiger partial charge in [-0.05, 0) is 24.3 Å². The fourth-order valence-electron chi connectivity index (χ4n) is 2.72. The van der Waals surface area contributed by atoms with E-state index in [2.05, 4.69) is 5.32 Å². The van der Waals surface area contributed by atoms with Gasteiger partial charge in [0.05, 0.1) is 39.6 Å². The molecule has 5 atom stereocenters. The fraction of sp³-hybridized carbons (Fsp3) is 0.632. The zero-order valence-electron chi connectivity index (χ0n) is 16.6. The molecule has 1 aliphatic rings. The van der Waals surface area contributed by atoms with Crippen molar-refractivity contribution in [1.29, 1.82) is 0 Å². The van der Waals surface area contributed by atoms with Gasteiger partial charge in [-0.1, -0.05) is 0 Å². The molecule has 0 radical (unpaired) electrons. The smallest absolute Gasteiger partial charge is 0.251 e. The molecule has 170 valence electrons. The van der Waals surface area contributed by atoms with Gasteiger partial charge < -0.3 is 50.4 Å². The number of hydrogen-bond acceptors (Lipinski definition) is 10. The minimum absolute atomic E-state index is 0.0698. The Morgan fingerprint density at radius 1 is 0.967 bits per heavy atom. The standard InChI is InChI=1S/C19H30N2O9/c20-13-3-1-12(2-4-13)18(26)21-5-6-27-7-8-28-9-10-29-19-17(25)16(24)15(23)14(11-22)30-19/h1-4,14-17,19,22-25H,5-11,20H2,(H,21,26)/t14?,15-,16+,17?,19+/m1/s1. The second-order valence-corrected chi connectivity index (χ2v) is 6.67. The van der Waals surface area contributed by atoms with Crippen molar-refractivity contribution in [2.75, 3.05) is 51.9 Å². The molecular weight excluding hydrogens is 400 g/mol. The monoisotopic (exact) mass is 430 g/mol. The van der Waals surface area contributed by atoms with Crippen molar-refractivity contribution in [2.24, 2.45) is 0 Å². The number of aliphatic hydroxyl groups is 4. The Balaban J connectivity index is 1.47. The van der Waals surface area contributed by atoms with Crippen LogP contribution in [-0.2, 0) is 18.9 Å². The number of benzene rings is 1. The van der Waals surface area contributed by atoms with Crippen molar-refractivity contribution in [1.82, 2.24) is 5.32 Å². The summed E-state index contributed by atoms with van der Waals surface area (Å²) in [6, 6.07) is 6.60. The largest absolute Gasteiger partial charge is 0.399 e. The van der Waals surface area contributed by atoms with E-state index in [0.717, 1.165) is 0 Å². The van der Waals surface area contributed by atoms with Gasteiger partial charge in [0.15, 0.2) is 6.29 Å². The number of carbonyl (C=O) groups is 1. The zero-order valence-corrected chi connectivity index (χ0v) is 16.6. The maximum Gasteiger partial charge on any atom is 0.251 e. The van der Waals surface area contributed by atoms with Gasteiger partial charge in [0.2, 0.25) is 0 Å². The SMILES string of the molecule is Nc1ccc(C(=O)NCCOCCOCCO[C@H]2OC(CO)[C@@H](O)[C@H](O)C2O)cc1. The molecule has 0 aliphatic carbocycles. The Kier molecular flexibility index (Phi) is 10.4. The first-order valence-corrected chi connectivity index (χ1v) is 9.65. The normalized spacial score (nSPS) is 26.5. The van der Waals surface area contributed by atoms with E-state index in [0.29, 0.717) is 37.6 Å². The lowest BCUT2D eigenvalue weighted by atomic mass is 9.99. The Morgan fingerprint density at radius 3 is 2.27 bits per heavy atom. The highest BCUT2D eigenvalue weighted by Crippen LogP contribution is 2.21. The van der Waals surface area contributed by atoms with Crippen molar-refractivity contribution in [2.45, 2.75) is 30.7 Å². The third-order valence-electron chi connectivity index (χ3n) is 4.44. The molecule has 0 saturated carbocycles. The Morgan fingerprint density at radius 2 is 1.60 bits per heavy atom. The van der Waals surface area contributed by atoms with E-state index >= 15 is 0 Å². The Bertz CT molecular complexity index is 629. The summed E-state index contributed by atoms with van der Waals surface area (Å²) in [6.07, 6.45) is -6.52. The van der Waals surface area contributed by atoms with Gasteiger partial charge in [-0.2, -0.15) is 0 Å². The number of nitrogen functional groups attached to an aromatic ring is 1. The van der Waals surface area contributed by atoms with Gasteiger partial charge in [-0.15, -0.1) is 0 Å². The average molecular weight is 430 g/mol. The van der Waals surface area contributed by atoms with E-state index in [4.69, 9.17) is 29.8 Å². The topological polar surface area (TPSA) is 173 Å². The zero-order chi connectivity index (χ0) is 21.9. The van der Waals surface area contributed by atoms with Gasteiger partial charge in [0.1, 0.15) is 24.4 Å². The second-order valence-electron chi connectivity index (χ2n) is 6.67. The maximum absolute atomic E-state index is 11.9. The van der Waals surface area contributed by atoms with Crippen molar-refractivity contribution in [3.8, 4) is 0 Å². The van der Waals surface area contributed by atoms with Gasteiger partial charge in [0, 0.05) is 17.8 Å². The third-order valence-corrected chi connectivity index (χ3v) is 4.44. The molecule has 2 unspecified atom stereocenters. The molecule has 1 heterocycles. The lowest BCUT2D eigenvalue weighted by molar-refractivity contribution is -0.302. The van der Waals surface area contributed by atoms with Crippen molar-refractivity contribution >= 4 is 11.6 Å². The molecule has 1 amide bonds. The number of rotatable bonds is 12. The summed E-state index contributed by atoms with van der Waals surface area (Å²) in [5.74, 6) is -0.208. The molecule has 1 aromatic carbocycles. The molecule has 0 spiro atoms. The van der Waals surface area contributed by atoms with Crippen molar-refractivity contribution in [3.63, 3.8) is 0 Å². The van der Waals surface area contributed by atoms with Crippen LogP contribution in [0.15, 0.2) is 24.3 Å². The first-order chi connectivity index (χ1) is 14.4. The first kappa shape index (κ1) is 24.4. The summed E-state index contributed by atoms with van der Waals surface area (Å²) in [5.41, 5.74) is 6.69. The molecule has 2 rings (SSSR count). The van der Waals surface area contributed by atoms with Crippen LogP contribution in [0.1, 0.15) is 10.4 Å². The highest BCUT2D eigenvalue weighted by atomic mass is 16.7. The van der Waals surface area contributed by atoms with E-state index < -0.39 is 37.3 Å². The van der Waals surface area contributed by atoms with E-state index in [-0.39, 0.29) is 19.1 Å². The highest BCUT2D eigenvalue weighted by molar-refractivity contribution is 5.94. The van der Waals surface area contributed by atoms with Gasteiger partial charge in [-0.25, -0.2) is 0 Å². The van der Waals surface area contributed by atoms with Crippen LogP contribution in [0.5, 0.6) is 0 Å². The Labute approximate surface area is 174 Å². The molecule has 0 aromatic heterocycles. The van der Waals surface area contributed by atoms with E-state index in [1.54, 1.807) is 24.3 Å². The predicted molar refractivity (Wildman–Crippen MR) is 105 cm³/mol. The summed E-state index contributed by atoms with van der Waals surface area (Å²) in [6.45, 7) is 1.03. The number of anilines is 1. The van der Waals surface area contributed by atoms with Crippen LogP contribution < -0.4 is 11.1 Å². The van der Waals surface area contributed by atoms with Gasteiger partial charge in [0.25, 0.3) is 5.91 Å².